The lowest BCUT2D eigenvalue weighted by Crippen LogP contribution is -2.03. The number of rotatable bonds is 3. The molecule has 2 rings (SSSR count). The van der Waals surface area contributed by atoms with Crippen molar-refractivity contribution < 1.29 is 9.84 Å². The number of hydrogen-bond acceptors (Lipinski definition) is 3. The minimum absolute atomic E-state index is 0.0265. The van der Waals surface area contributed by atoms with Crippen LogP contribution in [0.1, 0.15) is 18.6 Å². The molecule has 1 aromatic carbocycles. The minimum Gasteiger partial charge on any atom is -0.493 e. The lowest BCUT2D eigenvalue weighted by atomic mass is 10.1. The topological polar surface area (TPSA) is 58.1 Å². The molecule has 4 nitrogen and oxygen atoms in total. The number of nitrogens with one attached hydrogen (secondary N) is 1. The third-order valence-corrected chi connectivity index (χ3v) is 2.53. The molecule has 1 aromatic heterocycles. The van der Waals surface area contributed by atoms with Gasteiger partial charge in [0.25, 0.3) is 0 Å². The summed E-state index contributed by atoms with van der Waals surface area (Å²) in [5, 5.41) is 15.9. The Kier molecular flexibility index (Phi) is 3.01. The van der Waals surface area contributed by atoms with Crippen molar-refractivity contribution in [3.05, 3.63) is 40.9 Å². The summed E-state index contributed by atoms with van der Waals surface area (Å²) in [5.74, 6) is 0.311. The van der Waals surface area contributed by atoms with Crippen LogP contribution in [0.5, 0.6) is 11.8 Å². The molecular formula is C11H11ClN2O2. The predicted molar refractivity (Wildman–Crippen MR) is 60.7 cm³/mol. The molecular weight excluding hydrogens is 228 g/mol. The van der Waals surface area contributed by atoms with E-state index in [9.17, 15) is 0 Å². The first-order chi connectivity index (χ1) is 7.66. The fraction of sp³-hybridized carbons (Fsp3) is 0.182. The number of H-pyrrole nitrogens is 1. The highest BCUT2D eigenvalue weighted by Crippen LogP contribution is 2.26. The Bertz CT molecular complexity index is 484. The molecule has 16 heavy (non-hydrogen) atoms. The van der Waals surface area contributed by atoms with E-state index < -0.39 is 0 Å². The van der Waals surface area contributed by atoms with E-state index in [4.69, 9.17) is 21.4 Å². The quantitative estimate of drug-likeness (QED) is 0.865. The van der Waals surface area contributed by atoms with E-state index in [1.54, 1.807) is 6.07 Å². The highest BCUT2D eigenvalue weighted by atomic mass is 35.5. The molecule has 0 amide bonds. The van der Waals surface area contributed by atoms with Gasteiger partial charge in [-0.1, -0.05) is 29.8 Å². The molecule has 5 heteroatoms. The first-order valence-corrected chi connectivity index (χ1v) is 5.20. The molecule has 2 aromatic rings. The molecule has 1 heterocycles. The van der Waals surface area contributed by atoms with Crippen molar-refractivity contribution in [1.29, 1.82) is 0 Å². The van der Waals surface area contributed by atoms with E-state index in [-0.39, 0.29) is 12.0 Å². The standard InChI is InChI=1S/C11H11ClN2O2/c1-7(8-4-2-3-5-9(8)12)16-11-6-10(15)13-14-11/h2-7H,1H3,(H2,13,14,15). The molecule has 0 saturated carbocycles. The van der Waals surface area contributed by atoms with Crippen LogP contribution >= 0.6 is 11.6 Å². The molecule has 1 atom stereocenters. The summed E-state index contributed by atoms with van der Waals surface area (Å²) in [6.07, 6.45) is -0.226. The lowest BCUT2D eigenvalue weighted by Gasteiger charge is -2.13. The Morgan fingerprint density at radius 2 is 2.19 bits per heavy atom. The van der Waals surface area contributed by atoms with Crippen LogP contribution in [0.2, 0.25) is 5.02 Å². The zero-order chi connectivity index (χ0) is 11.5. The number of halogens is 1. The molecule has 0 aliphatic rings. The molecule has 0 spiro atoms. The fourth-order valence-corrected chi connectivity index (χ4v) is 1.69. The Balaban J connectivity index is 2.14. The molecule has 0 fully saturated rings. The smallest absolute Gasteiger partial charge is 0.237 e. The molecule has 0 bridgehead atoms. The number of hydrogen-bond donors (Lipinski definition) is 2. The van der Waals surface area contributed by atoms with Crippen LogP contribution in [0.25, 0.3) is 0 Å². The van der Waals surface area contributed by atoms with Crippen LogP contribution in [-0.2, 0) is 0 Å². The highest BCUT2D eigenvalue weighted by Gasteiger charge is 2.12. The number of benzene rings is 1. The SMILES string of the molecule is CC(Oc1cc(O)[nH]n1)c1ccccc1Cl. The Morgan fingerprint density at radius 3 is 2.81 bits per heavy atom. The molecule has 0 saturated heterocycles. The van der Waals surface area contributed by atoms with Crippen LogP contribution in [0.3, 0.4) is 0 Å². The second kappa shape index (κ2) is 4.45. The van der Waals surface area contributed by atoms with Crippen molar-refractivity contribution in [3.8, 4) is 11.8 Å². The number of aromatic hydroxyl groups is 1. The van der Waals surface area contributed by atoms with Crippen LogP contribution in [-0.4, -0.2) is 15.3 Å². The number of ether oxygens (including phenoxy) is 1. The minimum atomic E-state index is -0.226. The van der Waals surface area contributed by atoms with E-state index in [0.717, 1.165) is 5.56 Å². The van der Waals surface area contributed by atoms with Crippen LogP contribution in [0.4, 0.5) is 0 Å². The van der Waals surface area contributed by atoms with Crippen molar-refractivity contribution >= 4 is 11.6 Å². The van der Waals surface area contributed by atoms with Gasteiger partial charge in [0, 0.05) is 10.6 Å². The van der Waals surface area contributed by atoms with Crippen LogP contribution in [0.15, 0.2) is 30.3 Å². The van der Waals surface area contributed by atoms with Crippen LogP contribution in [0, 0.1) is 0 Å². The van der Waals surface area contributed by atoms with Gasteiger partial charge in [-0.3, -0.25) is 0 Å². The van der Waals surface area contributed by atoms with Gasteiger partial charge < -0.3 is 9.84 Å². The summed E-state index contributed by atoms with van der Waals surface area (Å²) in [4.78, 5) is 0. The molecule has 1 unspecified atom stereocenters. The monoisotopic (exact) mass is 238 g/mol. The third-order valence-electron chi connectivity index (χ3n) is 2.18. The first kappa shape index (κ1) is 10.8. The Morgan fingerprint density at radius 1 is 1.44 bits per heavy atom. The third kappa shape index (κ3) is 2.28. The fourth-order valence-electron chi connectivity index (χ4n) is 1.40. The zero-order valence-electron chi connectivity index (χ0n) is 8.64. The molecule has 2 N–H and O–H groups in total. The maximum absolute atomic E-state index is 9.07. The van der Waals surface area contributed by atoms with Crippen molar-refractivity contribution in [1.82, 2.24) is 10.2 Å². The van der Waals surface area contributed by atoms with Crippen LogP contribution < -0.4 is 4.74 Å². The molecule has 84 valence electrons. The summed E-state index contributed by atoms with van der Waals surface area (Å²) in [7, 11) is 0. The predicted octanol–water partition coefficient (Wildman–Crippen LogP) is 2.91. The normalized spacial score (nSPS) is 12.4. The number of aromatic nitrogens is 2. The van der Waals surface area contributed by atoms with Gasteiger partial charge in [0.05, 0.1) is 6.07 Å². The largest absolute Gasteiger partial charge is 0.493 e. The molecule has 0 radical (unpaired) electrons. The van der Waals surface area contributed by atoms with E-state index in [1.165, 1.54) is 6.07 Å². The van der Waals surface area contributed by atoms with Gasteiger partial charge in [-0.05, 0) is 13.0 Å². The van der Waals surface area contributed by atoms with Gasteiger partial charge in [-0.25, -0.2) is 5.10 Å². The molecule has 0 aliphatic heterocycles. The van der Waals surface area contributed by atoms with Crippen molar-refractivity contribution in [2.75, 3.05) is 0 Å². The highest BCUT2D eigenvalue weighted by molar-refractivity contribution is 6.31. The summed E-state index contributed by atoms with van der Waals surface area (Å²) in [6.45, 7) is 1.87. The second-order valence-corrected chi connectivity index (χ2v) is 3.78. The van der Waals surface area contributed by atoms with Crippen molar-refractivity contribution in [3.63, 3.8) is 0 Å². The van der Waals surface area contributed by atoms with Gasteiger partial charge in [-0.15, -0.1) is 5.10 Å². The zero-order valence-corrected chi connectivity index (χ0v) is 9.40. The summed E-state index contributed by atoms with van der Waals surface area (Å²) in [6, 6.07) is 8.85. The maximum Gasteiger partial charge on any atom is 0.237 e. The lowest BCUT2D eigenvalue weighted by molar-refractivity contribution is 0.217. The second-order valence-electron chi connectivity index (χ2n) is 3.37. The number of aromatic amines is 1. The average molecular weight is 239 g/mol. The van der Waals surface area contributed by atoms with Gasteiger partial charge >= 0.3 is 0 Å². The Labute approximate surface area is 97.8 Å². The summed E-state index contributed by atoms with van der Waals surface area (Å²) < 4.78 is 5.52. The Hall–Kier alpha value is -1.68. The van der Waals surface area contributed by atoms with Gasteiger partial charge in [0.1, 0.15) is 6.10 Å². The van der Waals surface area contributed by atoms with Crippen molar-refractivity contribution in [2.45, 2.75) is 13.0 Å². The first-order valence-electron chi connectivity index (χ1n) is 4.82. The summed E-state index contributed by atoms with van der Waals surface area (Å²) in [5.41, 5.74) is 0.881. The van der Waals surface area contributed by atoms with Crippen molar-refractivity contribution in [2.24, 2.45) is 0 Å². The maximum atomic E-state index is 9.07. The van der Waals surface area contributed by atoms with E-state index in [2.05, 4.69) is 10.2 Å². The van der Waals surface area contributed by atoms with Gasteiger partial charge in [0.15, 0.2) is 0 Å². The average Bonchev–Trinajstić information content (AvgIpc) is 2.64. The van der Waals surface area contributed by atoms with Gasteiger partial charge in [-0.2, -0.15) is 0 Å². The van der Waals surface area contributed by atoms with E-state index in [0.29, 0.717) is 10.9 Å². The molecule has 0 aliphatic carbocycles. The van der Waals surface area contributed by atoms with E-state index >= 15 is 0 Å². The number of nitrogens with zero attached hydrogens (tertiary/aromatic N) is 1. The van der Waals surface area contributed by atoms with E-state index in [1.807, 2.05) is 25.1 Å². The van der Waals surface area contributed by atoms with Gasteiger partial charge in [0.2, 0.25) is 11.8 Å². The summed E-state index contributed by atoms with van der Waals surface area (Å²) >= 11 is 6.03.